The van der Waals surface area contributed by atoms with Crippen LogP contribution in [0.4, 0.5) is 0 Å². The summed E-state index contributed by atoms with van der Waals surface area (Å²) >= 11 is 0. The van der Waals surface area contributed by atoms with E-state index >= 15 is 0 Å². The summed E-state index contributed by atoms with van der Waals surface area (Å²) in [6.45, 7) is 3.65. The minimum atomic E-state index is -3.09. The summed E-state index contributed by atoms with van der Waals surface area (Å²) < 4.78 is 34.4. The van der Waals surface area contributed by atoms with Crippen molar-refractivity contribution >= 4 is 15.7 Å². The molecule has 0 radical (unpaired) electrons. The molecule has 0 aromatic heterocycles. The Morgan fingerprint density at radius 3 is 2.69 bits per heavy atom. The second kappa shape index (κ2) is 8.41. The lowest BCUT2D eigenvalue weighted by Crippen LogP contribution is -2.48. The van der Waals surface area contributed by atoms with Crippen LogP contribution in [0.2, 0.25) is 0 Å². The number of rotatable bonds is 7. The number of nitriles is 1. The van der Waals surface area contributed by atoms with E-state index in [-0.39, 0.29) is 36.1 Å². The highest BCUT2D eigenvalue weighted by Crippen LogP contribution is 2.28. The van der Waals surface area contributed by atoms with Crippen molar-refractivity contribution in [3.63, 3.8) is 0 Å². The third-order valence-corrected chi connectivity index (χ3v) is 6.35. The molecule has 1 heterocycles. The molecule has 1 fully saturated rings. The molecule has 7 nitrogen and oxygen atoms in total. The van der Waals surface area contributed by atoms with Gasteiger partial charge in [-0.25, -0.2) is 8.42 Å². The summed E-state index contributed by atoms with van der Waals surface area (Å²) in [5, 5.41) is 8.93. The third-order valence-electron chi connectivity index (χ3n) is 4.60. The molecule has 2 atom stereocenters. The summed E-state index contributed by atoms with van der Waals surface area (Å²) in [7, 11) is -1.63. The van der Waals surface area contributed by atoms with Crippen LogP contribution in [0.5, 0.6) is 11.5 Å². The number of nitrogens with zero attached hydrogens (tertiary/aromatic N) is 2. The molecule has 1 aromatic carbocycles. The van der Waals surface area contributed by atoms with E-state index < -0.39 is 9.84 Å². The molecule has 1 aliphatic heterocycles. The Hall–Kier alpha value is -2.27. The van der Waals surface area contributed by atoms with Gasteiger partial charge in [-0.05, 0) is 31.9 Å². The maximum atomic E-state index is 12.8. The molecule has 0 spiro atoms. The Morgan fingerprint density at radius 2 is 2.15 bits per heavy atom. The molecule has 0 unspecified atom stereocenters. The van der Waals surface area contributed by atoms with Crippen LogP contribution in [-0.2, 0) is 14.6 Å². The second-order valence-electron chi connectivity index (χ2n) is 6.38. The summed E-state index contributed by atoms with van der Waals surface area (Å²) in [6, 6.07) is 6.32. The molecule has 2 rings (SSSR count). The van der Waals surface area contributed by atoms with Crippen molar-refractivity contribution in [2.75, 3.05) is 25.2 Å². The standard InChI is InChI=1S/C18H24N2O5S/c1-4-13(2)20(15-7-8-26(22,23)12-15)18(21)11-25-16-6-5-14(10-19)9-17(16)24-3/h5-6,9,13,15H,4,7-8,11-12H2,1-3H3/t13-,15+/m0/s1. The number of benzene rings is 1. The highest BCUT2D eigenvalue weighted by atomic mass is 32.2. The van der Waals surface area contributed by atoms with Gasteiger partial charge in [0.25, 0.3) is 5.91 Å². The first-order chi connectivity index (χ1) is 12.3. The summed E-state index contributed by atoms with van der Waals surface area (Å²) in [4.78, 5) is 14.4. The molecule has 1 aliphatic rings. The van der Waals surface area contributed by atoms with Crippen LogP contribution in [0.25, 0.3) is 0 Å². The fourth-order valence-electron chi connectivity index (χ4n) is 3.07. The quantitative estimate of drug-likeness (QED) is 0.715. The predicted octanol–water partition coefficient (Wildman–Crippen LogP) is 1.76. The van der Waals surface area contributed by atoms with E-state index in [4.69, 9.17) is 14.7 Å². The number of sulfone groups is 1. The number of carbonyl (C=O) groups excluding carboxylic acids is 1. The Labute approximate surface area is 154 Å². The Morgan fingerprint density at radius 1 is 1.42 bits per heavy atom. The lowest BCUT2D eigenvalue weighted by Gasteiger charge is -2.33. The van der Waals surface area contributed by atoms with Crippen molar-refractivity contribution in [2.45, 2.75) is 38.8 Å². The van der Waals surface area contributed by atoms with Crippen molar-refractivity contribution in [1.82, 2.24) is 4.90 Å². The first-order valence-electron chi connectivity index (χ1n) is 8.53. The number of methoxy groups -OCH3 is 1. The van der Waals surface area contributed by atoms with E-state index in [9.17, 15) is 13.2 Å². The Balaban J connectivity index is 2.12. The van der Waals surface area contributed by atoms with Crippen LogP contribution >= 0.6 is 0 Å². The van der Waals surface area contributed by atoms with E-state index in [2.05, 4.69) is 0 Å². The largest absolute Gasteiger partial charge is 0.493 e. The molecule has 0 aliphatic carbocycles. The normalized spacial score (nSPS) is 19.4. The van der Waals surface area contributed by atoms with Gasteiger partial charge in [0.1, 0.15) is 0 Å². The summed E-state index contributed by atoms with van der Waals surface area (Å²) in [5.74, 6) is 0.595. The number of amides is 1. The summed E-state index contributed by atoms with van der Waals surface area (Å²) in [5.41, 5.74) is 0.429. The van der Waals surface area contributed by atoms with Gasteiger partial charge in [-0.1, -0.05) is 6.92 Å². The summed E-state index contributed by atoms with van der Waals surface area (Å²) in [6.07, 6.45) is 1.18. The Bertz CT molecular complexity index is 800. The minimum absolute atomic E-state index is 0.00324. The zero-order valence-electron chi connectivity index (χ0n) is 15.3. The average Bonchev–Trinajstić information content (AvgIpc) is 2.98. The first kappa shape index (κ1) is 20.0. The maximum Gasteiger partial charge on any atom is 0.261 e. The van der Waals surface area contributed by atoms with Crippen molar-refractivity contribution in [3.05, 3.63) is 23.8 Å². The number of carbonyl (C=O) groups is 1. The first-order valence-corrected chi connectivity index (χ1v) is 10.4. The Kier molecular flexibility index (Phi) is 6.48. The van der Waals surface area contributed by atoms with Crippen LogP contribution in [0.1, 0.15) is 32.3 Å². The highest BCUT2D eigenvalue weighted by molar-refractivity contribution is 7.91. The van der Waals surface area contributed by atoms with Crippen LogP contribution < -0.4 is 9.47 Å². The van der Waals surface area contributed by atoms with Gasteiger partial charge in [-0.2, -0.15) is 5.26 Å². The van der Waals surface area contributed by atoms with Gasteiger partial charge in [0.2, 0.25) is 0 Å². The zero-order valence-corrected chi connectivity index (χ0v) is 16.1. The van der Waals surface area contributed by atoms with Gasteiger partial charge in [0.05, 0.1) is 30.2 Å². The van der Waals surface area contributed by atoms with Crippen molar-refractivity contribution in [3.8, 4) is 17.6 Å². The average molecular weight is 380 g/mol. The van der Waals surface area contributed by atoms with E-state index in [1.807, 2.05) is 19.9 Å². The van der Waals surface area contributed by atoms with Crippen molar-refractivity contribution in [1.29, 1.82) is 5.26 Å². The topological polar surface area (TPSA) is 96.7 Å². The number of hydrogen-bond donors (Lipinski definition) is 0. The lowest BCUT2D eigenvalue weighted by atomic mass is 10.1. The molecule has 1 aromatic rings. The molecule has 0 saturated carbocycles. The molecule has 0 N–H and O–H groups in total. The maximum absolute atomic E-state index is 12.8. The van der Waals surface area contributed by atoms with E-state index in [0.29, 0.717) is 23.5 Å². The van der Waals surface area contributed by atoms with Crippen LogP contribution in [0, 0.1) is 11.3 Å². The third kappa shape index (κ3) is 4.67. The smallest absolute Gasteiger partial charge is 0.261 e. The van der Waals surface area contributed by atoms with Gasteiger partial charge in [-0.3, -0.25) is 4.79 Å². The molecular formula is C18H24N2O5S. The molecule has 1 amide bonds. The molecule has 26 heavy (non-hydrogen) atoms. The van der Waals surface area contributed by atoms with Crippen LogP contribution in [0.3, 0.4) is 0 Å². The monoisotopic (exact) mass is 380 g/mol. The second-order valence-corrected chi connectivity index (χ2v) is 8.61. The van der Waals surface area contributed by atoms with E-state index in [1.54, 1.807) is 17.0 Å². The van der Waals surface area contributed by atoms with E-state index in [0.717, 1.165) is 6.42 Å². The van der Waals surface area contributed by atoms with Gasteiger partial charge < -0.3 is 14.4 Å². The predicted molar refractivity (Wildman–Crippen MR) is 96.9 cm³/mol. The SMILES string of the molecule is CC[C@H](C)N(C(=O)COc1ccc(C#N)cc1OC)[C@@H]1CCS(=O)(=O)C1. The van der Waals surface area contributed by atoms with Crippen molar-refractivity contribution < 1.29 is 22.7 Å². The van der Waals surface area contributed by atoms with Crippen LogP contribution in [-0.4, -0.2) is 56.5 Å². The van der Waals surface area contributed by atoms with Crippen LogP contribution in [0.15, 0.2) is 18.2 Å². The van der Waals surface area contributed by atoms with Gasteiger partial charge in [0.15, 0.2) is 27.9 Å². The molecule has 1 saturated heterocycles. The molecule has 8 heteroatoms. The lowest BCUT2D eigenvalue weighted by molar-refractivity contribution is -0.137. The van der Waals surface area contributed by atoms with Gasteiger partial charge >= 0.3 is 0 Å². The minimum Gasteiger partial charge on any atom is -0.493 e. The molecular weight excluding hydrogens is 356 g/mol. The molecule has 0 bridgehead atoms. The van der Waals surface area contributed by atoms with E-state index in [1.165, 1.54) is 13.2 Å². The van der Waals surface area contributed by atoms with Gasteiger partial charge in [0, 0.05) is 18.2 Å². The van der Waals surface area contributed by atoms with Gasteiger partial charge in [-0.15, -0.1) is 0 Å². The zero-order chi connectivity index (χ0) is 19.3. The number of hydrogen-bond acceptors (Lipinski definition) is 6. The fraction of sp³-hybridized carbons (Fsp3) is 0.556. The molecule has 142 valence electrons. The van der Waals surface area contributed by atoms with Crippen molar-refractivity contribution in [2.24, 2.45) is 0 Å². The fourth-order valence-corrected chi connectivity index (χ4v) is 4.78. The highest BCUT2D eigenvalue weighted by Gasteiger charge is 2.36. The number of ether oxygens (including phenoxy) is 2.